The van der Waals surface area contributed by atoms with Crippen LogP contribution in [0.1, 0.15) is 0 Å². The Balaban J connectivity index is 2.55. The molecule has 5 heteroatoms. The highest BCUT2D eigenvalue weighted by Gasteiger charge is 2.78. The third-order valence-corrected chi connectivity index (χ3v) is 1.28. The molecule has 0 saturated heterocycles. The quantitative estimate of drug-likeness (QED) is 0.364. The van der Waals surface area contributed by atoms with E-state index in [2.05, 4.69) is 15.6 Å². The van der Waals surface area contributed by atoms with Gasteiger partial charge in [-0.2, -0.15) is 0 Å². The fourth-order valence-corrected chi connectivity index (χ4v) is 0.817. The van der Waals surface area contributed by atoms with Crippen molar-refractivity contribution in [3.8, 4) is 0 Å². The van der Waals surface area contributed by atoms with Crippen molar-refractivity contribution in [1.29, 1.82) is 0 Å². The average molecular weight is 95.1 g/mol. The van der Waals surface area contributed by atoms with Crippen LogP contribution in [0.5, 0.6) is 0 Å². The molecule has 3 aliphatic heterocycles. The number of hydrogen-bond donors (Lipinski definition) is 0. The second-order valence-corrected chi connectivity index (χ2v) is 1.68. The molecule has 7 heavy (non-hydrogen) atoms. The molecule has 0 aromatic heterocycles. The molecule has 0 fully saturated rings. The Bertz CT molecular complexity index is 227. The average Bonchev–Trinajstić information content (AvgIpc) is 2.02. The molecule has 0 spiro atoms. The molecule has 0 bridgehead atoms. The molecule has 0 aliphatic carbocycles. The van der Waals surface area contributed by atoms with Crippen LogP contribution in [0.3, 0.4) is 0 Å². The minimum Gasteiger partial charge on any atom is 0.0311 e. The molecule has 3 aliphatic rings. The Labute approximate surface area is 38.2 Å². The van der Waals surface area contributed by atoms with E-state index in [1.165, 1.54) is 0 Å². The zero-order chi connectivity index (χ0) is 4.43. The zero-order valence-electron chi connectivity index (χ0n) is 3.31. The van der Waals surface area contributed by atoms with Crippen molar-refractivity contribution >= 4 is 5.84 Å². The van der Waals surface area contributed by atoms with Crippen molar-refractivity contribution in [2.24, 2.45) is 15.6 Å². The highest BCUT2D eigenvalue weighted by Crippen LogP contribution is 2.30. The van der Waals surface area contributed by atoms with E-state index in [1.807, 2.05) is 4.68 Å². The van der Waals surface area contributed by atoms with Crippen LogP contribution in [-0.2, 0) is 0 Å². The smallest absolute Gasteiger partial charge is 0.0311 e. The molecular weight excluding hydrogens is 94.1 g/mol. The van der Waals surface area contributed by atoms with E-state index in [0.29, 0.717) is 6.17 Å². The van der Waals surface area contributed by atoms with Crippen molar-refractivity contribution in [2.45, 2.75) is 6.17 Å². The molecule has 0 aromatic rings. The standard InChI is InChI=1S/C2HN5/c3-1-2-6(1)5-7(2)4-3/h2H/q+2. The first-order chi connectivity index (χ1) is 3.47. The van der Waals surface area contributed by atoms with E-state index < -0.39 is 0 Å². The van der Waals surface area contributed by atoms with Gasteiger partial charge in [-0.15, -0.1) is 0 Å². The third kappa shape index (κ3) is 0.0839. The van der Waals surface area contributed by atoms with Crippen LogP contribution < -0.4 is 0 Å². The van der Waals surface area contributed by atoms with E-state index in [1.54, 1.807) is 4.81 Å². The molecule has 1 atom stereocenters. The molecule has 0 radical (unpaired) electrons. The number of nitrogens with zero attached hydrogens (tertiary/aromatic N) is 5. The molecule has 5 nitrogen and oxygen atoms in total. The second kappa shape index (κ2) is 0.379. The summed E-state index contributed by atoms with van der Waals surface area (Å²) in [5.74, 6) is 1.00. The Hall–Kier alpha value is -1.13. The topological polar surface area (TPSA) is 43.1 Å². The van der Waals surface area contributed by atoms with Crippen LogP contribution >= 0.6 is 0 Å². The SMILES string of the molecule is N1=N[N+]2=N[N+]3=C1C23. The van der Waals surface area contributed by atoms with Crippen molar-refractivity contribution in [2.75, 3.05) is 0 Å². The van der Waals surface area contributed by atoms with Crippen LogP contribution in [0.2, 0.25) is 0 Å². The first-order valence-electron chi connectivity index (χ1n) is 2.05. The van der Waals surface area contributed by atoms with E-state index >= 15 is 0 Å². The first kappa shape index (κ1) is 2.25. The summed E-state index contributed by atoms with van der Waals surface area (Å²) in [6, 6.07) is 0. The van der Waals surface area contributed by atoms with Crippen LogP contribution in [0.15, 0.2) is 15.6 Å². The summed E-state index contributed by atoms with van der Waals surface area (Å²) < 4.78 is 1.83. The Morgan fingerprint density at radius 2 is 2.57 bits per heavy atom. The Morgan fingerprint density at radius 1 is 1.57 bits per heavy atom. The molecular formula is C2HN5+2. The van der Waals surface area contributed by atoms with Crippen molar-refractivity contribution in [1.82, 2.24) is 0 Å². The summed E-state index contributed by atoms with van der Waals surface area (Å²) in [6.45, 7) is 0. The lowest BCUT2D eigenvalue weighted by molar-refractivity contribution is -0.895. The second-order valence-electron chi connectivity index (χ2n) is 1.68. The number of rotatable bonds is 0. The van der Waals surface area contributed by atoms with E-state index in [0.717, 1.165) is 5.84 Å². The molecule has 3 heterocycles. The highest BCUT2D eigenvalue weighted by molar-refractivity contribution is 5.89. The lowest BCUT2D eigenvalue weighted by atomic mass is 10.7. The minimum atomic E-state index is 0.361. The van der Waals surface area contributed by atoms with Gasteiger partial charge in [-0.1, -0.05) is 0 Å². The van der Waals surface area contributed by atoms with Crippen LogP contribution in [-0.4, -0.2) is 21.5 Å². The van der Waals surface area contributed by atoms with Gasteiger partial charge in [0.25, 0.3) is 0 Å². The summed E-state index contributed by atoms with van der Waals surface area (Å²) >= 11 is 0. The van der Waals surface area contributed by atoms with Gasteiger partial charge in [-0.25, -0.2) is 0 Å². The largest absolute Gasteiger partial charge is 0.539 e. The van der Waals surface area contributed by atoms with Gasteiger partial charge in [-0.3, -0.25) is 0 Å². The van der Waals surface area contributed by atoms with Gasteiger partial charge in [0.1, 0.15) is 4.81 Å². The predicted molar refractivity (Wildman–Crippen MR) is 16.6 cm³/mol. The number of amidine groups is 1. The summed E-state index contributed by atoms with van der Waals surface area (Å²) in [5, 5.41) is 11.2. The first-order valence-corrected chi connectivity index (χ1v) is 2.05. The van der Waals surface area contributed by atoms with Gasteiger partial charge in [0.2, 0.25) is 10.3 Å². The maximum absolute atomic E-state index is 3.83. The van der Waals surface area contributed by atoms with E-state index in [4.69, 9.17) is 0 Å². The lowest BCUT2D eigenvalue weighted by Crippen LogP contribution is -2.21. The Morgan fingerprint density at radius 3 is 2.71 bits per heavy atom. The maximum Gasteiger partial charge on any atom is 0.539 e. The summed E-state index contributed by atoms with van der Waals surface area (Å²) in [4.78, 5) is 1.59. The Kier molecular flexibility index (Phi) is 0.122. The molecule has 0 N–H and O–H groups in total. The molecule has 32 valence electrons. The minimum absolute atomic E-state index is 0.361. The monoisotopic (exact) mass is 95.0 g/mol. The fraction of sp³-hybridized carbons (Fsp3) is 0.500. The fourth-order valence-electron chi connectivity index (χ4n) is 0.817. The van der Waals surface area contributed by atoms with E-state index in [9.17, 15) is 0 Å². The molecule has 0 saturated carbocycles. The third-order valence-electron chi connectivity index (χ3n) is 1.28. The van der Waals surface area contributed by atoms with Crippen molar-refractivity contribution in [3.05, 3.63) is 0 Å². The van der Waals surface area contributed by atoms with Gasteiger partial charge in [0, 0.05) is 4.68 Å². The van der Waals surface area contributed by atoms with E-state index in [-0.39, 0.29) is 0 Å². The van der Waals surface area contributed by atoms with Gasteiger partial charge in [-0.05, 0) is 0 Å². The van der Waals surface area contributed by atoms with Gasteiger partial charge >= 0.3 is 12.0 Å². The van der Waals surface area contributed by atoms with Crippen LogP contribution in [0.25, 0.3) is 0 Å². The van der Waals surface area contributed by atoms with Crippen LogP contribution in [0, 0.1) is 0 Å². The normalized spacial score (nSPS) is 37.7. The summed E-state index contributed by atoms with van der Waals surface area (Å²) in [5.41, 5.74) is 0. The van der Waals surface area contributed by atoms with Crippen molar-refractivity contribution < 1.29 is 9.49 Å². The number of hydrogen-bond acceptors (Lipinski definition) is 3. The molecule has 3 rings (SSSR count). The lowest BCUT2D eigenvalue weighted by Gasteiger charge is -1.81. The zero-order valence-corrected chi connectivity index (χ0v) is 3.31. The van der Waals surface area contributed by atoms with Gasteiger partial charge in [0.05, 0.1) is 0 Å². The maximum atomic E-state index is 3.83. The highest BCUT2D eigenvalue weighted by atomic mass is 15.9. The molecule has 1 unspecified atom stereocenters. The molecule has 0 amide bonds. The predicted octanol–water partition coefficient (Wildman–Crippen LogP) is -0.489. The summed E-state index contributed by atoms with van der Waals surface area (Å²) in [7, 11) is 0. The van der Waals surface area contributed by atoms with Crippen LogP contribution in [0.4, 0.5) is 0 Å². The molecule has 0 aromatic carbocycles. The van der Waals surface area contributed by atoms with Gasteiger partial charge < -0.3 is 0 Å². The van der Waals surface area contributed by atoms with Crippen molar-refractivity contribution in [3.63, 3.8) is 0 Å². The summed E-state index contributed by atoms with van der Waals surface area (Å²) in [6.07, 6.45) is 0.361. The van der Waals surface area contributed by atoms with Gasteiger partial charge in [0.15, 0.2) is 5.22 Å².